The SMILES string of the molecule is COc1ccc(-c2[nH]nc3c2C(c2ccc(OC(=O)c4ccco4)c(OC)c2)C(C#N)=C(N)O3)cc1. The Bertz CT molecular complexity index is 1500. The number of nitrogens with one attached hydrogen (secondary N) is 1. The molecule has 0 aliphatic carbocycles. The van der Waals surface area contributed by atoms with Crippen molar-refractivity contribution in [3.05, 3.63) is 89.2 Å². The van der Waals surface area contributed by atoms with E-state index >= 15 is 0 Å². The summed E-state index contributed by atoms with van der Waals surface area (Å²) in [6.07, 6.45) is 1.38. The van der Waals surface area contributed by atoms with Crippen molar-refractivity contribution in [2.24, 2.45) is 5.73 Å². The number of aromatic nitrogens is 2. The predicted molar refractivity (Wildman–Crippen MR) is 127 cm³/mol. The summed E-state index contributed by atoms with van der Waals surface area (Å²) in [6.45, 7) is 0. The van der Waals surface area contributed by atoms with Crippen molar-refractivity contribution in [3.63, 3.8) is 0 Å². The standard InChI is InChI=1S/C26H20N4O6/c1-32-16-8-5-14(6-9-16)23-22-21(17(13-27)24(28)36-25(22)30-29-23)15-7-10-18(20(12-15)33-2)35-26(31)19-4-3-11-34-19/h3-12,21H,28H2,1-2H3,(H,29,30). The number of carbonyl (C=O) groups is 1. The van der Waals surface area contributed by atoms with Crippen LogP contribution in [0.25, 0.3) is 11.3 Å². The molecule has 1 unspecified atom stereocenters. The van der Waals surface area contributed by atoms with Crippen LogP contribution in [0, 0.1) is 11.3 Å². The average molecular weight is 484 g/mol. The maximum atomic E-state index is 12.4. The molecule has 3 N–H and O–H groups in total. The minimum atomic E-state index is -0.669. The predicted octanol–water partition coefficient (Wildman–Crippen LogP) is 4.12. The third-order valence-electron chi connectivity index (χ3n) is 5.76. The van der Waals surface area contributed by atoms with Gasteiger partial charge >= 0.3 is 5.97 Å². The number of benzene rings is 2. The number of nitriles is 1. The van der Waals surface area contributed by atoms with Gasteiger partial charge in [0.1, 0.15) is 17.4 Å². The highest BCUT2D eigenvalue weighted by atomic mass is 16.6. The lowest BCUT2D eigenvalue weighted by molar-refractivity contribution is 0.0696. The van der Waals surface area contributed by atoms with Gasteiger partial charge in [0, 0.05) is 5.56 Å². The Balaban J connectivity index is 1.58. The van der Waals surface area contributed by atoms with Crippen LogP contribution in [0.1, 0.15) is 27.6 Å². The molecule has 10 heteroatoms. The Morgan fingerprint density at radius 3 is 2.58 bits per heavy atom. The molecule has 0 saturated carbocycles. The van der Waals surface area contributed by atoms with Crippen molar-refractivity contribution in [2.45, 2.75) is 5.92 Å². The third-order valence-corrected chi connectivity index (χ3v) is 5.76. The zero-order valence-corrected chi connectivity index (χ0v) is 19.3. The lowest BCUT2D eigenvalue weighted by Gasteiger charge is -2.24. The Labute approximate surface area is 205 Å². The minimum Gasteiger partial charge on any atom is -0.497 e. The number of ether oxygens (including phenoxy) is 4. The number of allylic oxidation sites excluding steroid dienone is 1. The number of hydrogen-bond acceptors (Lipinski definition) is 9. The largest absolute Gasteiger partial charge is 0.497 e. The number of hydrogen-bond donors (Lipinski definition) is 2. The summed E-state index contributed by atoms with van der Waals surface area (Å²) >= 11 is 0. The number of fused-ring (bicyclic) bond motifs is 1. The van der Waals surface area contributed by atoms with Gasteiger partial charge in [0.15, 0.2) is 11.5 Å². The lowest BCUT2D eigenvalue weighted by Crippen LogP contribution is -2.21. The molecule has 4 aromatic rings. The zero-order chi connectivity index (χ0) is 25.2. The van der Waals surface area contributed by atoms with Gasteiger partial charge in [0.2, 0.25) is 17.5 Å². The Kier molecular flexibility index (Phi) is 5.80. The van der Waals surface area contributed by atoms with E-state index in [1.807, 2.05) is 24.3 Å². The van der Waals surface area contributed by atoms with Crippen molar-refractivity contribution in [1.82, 2.24) is 10.2 Å². The van der Waals surface area contributed by atoms with Crippen molar-refractivity contribution < 1.29 is 28.2 Å². The van der Waals surface area contributed by atoms with Gasteiger partial charge < -0.3 is 29.1 Å². The average Bonchev–Trinajstić information content (AvgIpc) is 3.59. The number of furan rings is 1. The number of nitrogens with two attached hydrogens (primary N) is 1. The molecular formula is C26H20N4O6. The van der Waals surface area contributed by atoms with E-state index in [0.29, 0.717) is 22.6 Å². The van der Waals surface area contributed by atoms with Crippen LogP contribution in [0.15, 0.2) is 76.7 Å². The number of rotatable bonds is 6. The summed E-state index contributed by atoms with van der Waals surface area (Å²) < 4.78 is 27.0. The molecule has 0 radical (unpaired) electrons. The summed E-state index contributed by atoms with van der Waals surface area (Å²) in [5.41, 5.74) is 9.06. The first-order valence-electron chi connectivity index (χ1n) is 10.8. The molecular weight excluding hydrogens is 464 g/mol. The van der Waals surface area contributed by atoms with Crippen LogP contribution >= 0.6 is 0 Å². The first-order chi connectivity index (χ1) is 17.5. The van der Waals surface area contributed by atoms with E-state index in [9.17, 15) is 10.1 Å². The van der Waals surface area contributed by atoms with E-state index in [1.165, 1.54) is 19.4 Å². The topological polar surface area (TPSA) is 146 Å². The van der Waals surface area contributed by atoms with Gasteiger partial charge in [-0.3, -0.25) is 5.10 Å². The van der Waals surface area contributed by atoms with Gasteiger partial charge in [0.05, 0.1) is 37.7 Å². The monoisotopic (exact) mass is 484 g/mol. The van der Waals surface area contributed by atoms with Crippen LogP contribution in [0.3, 0.4) is 0 Å². The highest BCUT2D eigenvalue weighted by Crippen LogP contribution is 2.47. The molecule has 3 heterocycles. The Hall–Kier alpha value is -5.17. The van der Waals surface area contributed by atoms with Gasteiger partial charge in [-0.15, -0.1) is 5.10 Å². The summed E-state index contributed by atoms with van der Waals surface area (Å²) in [7, 11) is 3.04. The summed E-state index contributed by atoms with van der Waals surface area (Å²) in [5, 5.41) is 17.2. The molecule has 1 aliphatic rings. The number of aromatic amines is 1. The molecule has 2 aromatic heterocycles. The molecule has 0 saturated heterocycles. The van der Waals surface area contributed by atoms with Crippen LogP contribution in [0.5, 0.6) is 23.1 Å². The summed E-state index contributed by atoms with van der Waals surface area (Å²) in [5.74, 6) is 0.145. The van der Waals surface area contributed by atoms with Gasteiger partial charge in [-0.1, -0.05) is 6.07 Å². The van der Waals surface area contributed by atoms with Crippen molar-refractivity contribution >= 4 is 5.97 Å². The van der Waals surface area contributed by atoms with Crippen LogP contribution in [0.4, 0.5) is 0 Å². The quantitative estimate of drug-likeness (QED) is 0.305. The maximum Gasteiger partial charge on any atom is 0.379 e. The molecule has 2 aromatic carbocycles. The molecule has 10 nitrogen and oxygen atoms in total. The maximum absolute atomic E-state index is 12.4. The van der Waals surface area contributed by atoms with Crippen LogP contribution in [-0.4, -0.2) is 30.4 Å². The van der Waals surface area contributed by atoms with Gasteiger partial charge in [-0.2, -0.15) is 5.26 Å². The van der Waals surface area contributed by atoms with Crippen LogP contribution in [-0.2, 0) is 0 Å². The smallest absolute Gasteiger partial charge is 0.379 e. The van der Waals surface area contributed by atoms with Gasteiger partial charge in [-0.05, 0) is 54.1 Å². The lowest BCUT2D eigenvalue weighted by atomic mass is 9.83. The fraction of sp³-hybridized carbons (Fsp3) is 0.115. The van der Waals surface area contributed by atoms with Crippen LogP contribution < -0.4 is 24.7 Å². The highest BCUT2D eigenvalue weighted by molar-refractivity contribution is 5.88. The van der Waals surface area contributed by atoms with E-state index in [1.54, 1.807) is 31.4 Å². The normalized spacial score (nSPS) is 14.4. The first kappa shape index (κ1) is 22.6. The molecule has 0 bridgehead atoms. The second kappa shape index (κ2) is 9.23. The summed E-state index contributed by atoms with van der Waals surface area (Å²) in [4.78, 5) is 12.4. The van der Waals surface area contributed by atoms with E-state index in [-0.39, 0.29) is 34.6 Å². The first-order valence-corrected chi connectivity index (χ1v) is 10.8. The molecule has 0 fully saturated rings. The van der Waals surface area contributed by atoms with Crippen molar-refractivity contribution in [1.29, 1.82) is 5.26 Å². The number of H-pyrrole nitrogens is 1. The molecule has 1 aliphatic heterocycles. The fourth-order valence-electron chi connectivity index (χ4n) is 4.05. The van der Waals surface area contributed by atoms with Crippen LogP contribution in [0.2, 0.25) is 0 Å². The molecule has 0 spiro atoms. The second-order valence-corrected chi connectivity index (χ2v) is 7.75. The second-order valence-electron chi connectivity index (χ2n) is 7.75. The minimum absolute atomic E-state index is 0.0462. The van der Waals surface area contributed by atoms with Crippen molar-refractivity contribution in [3.8, 4) is 40.5 Å². The summed E-state index contributed by atoms with van der Waals surface area (Å²) in [6, 6.07) is 17.6. The fourth-order valence-corrected chi connectivity index (χ4v) is 4.05. The van der Waals surface area contributed by atoms with E-state index < -0.39 is 11.9 Å². The number of esters is 1. The van der Waals surface area contributed by atoms with Gasteiger partial charge in [0.25, 0.3) is 0 Å². The molecule has 5 rings (SSSR count). The Morgan fingerprint density at radius 2 is 1.92 bits per heavy atom. The molecule has 1 atom stereocenters. The Morgan fingerprint density at radius 1 is 1.11 bits per heavy atom. The third kappa shape index (κ3) is 3.88. The van der Waals surface area contributed by atoms with E-state index in [0.717, 1.165) is 5.56 Å². The number of methoxy groups -OCH3 is 2. The number of nitrogens with zero attached hydrogens (tertiary/aromatic N) is 2. The molecule has 36 heavy (non-hydrogen) atoms. The molecule has 180 valence electrons. The zero-order valence-electron chi connectivity index (χ0n) is 19.3. The van der Waals surface area contributed by atoms with E-state index in [2.05, 4.69) is 16.3 Å². The highest BCUT2D eigenvalue weighted by Gasteiger charge is 2.36. The molecule has 0 amide bonds. The van der Waals surface area contributed by atoms with E-state index in [4.69, 9.17) is 29.1 Å². The van der Waals surface area contributed by atoms with Crippen molar-refractivity contribution in [2.75, 3.05) is 14.2 Å². The number of carbonyl (C=O) groups excluding carboxylic acids is 1. The van der Waals surface area contributed by atoms with Gasteiger partial charge in [-0.25, -0.2) is 4.79 Å².